The van der Waals surface area contributed by atoms with Gasteiger partial charge in [-0.15, -0.1) is 0 Å². The van der Waals surface area contributed by atoms with E-state index in [2.05, 4.69) is 8.80 Å². The Labute approximate surface area is 138 Å². The van der Waals surface area contributed by atoms with Gasteiger partial charge in [0.15, 0.2) is 0 Å². The fourth-order valence-electron chi connectivity index (χ4n) is 1.14. The number of rotatable bonds is 4. The smallest absolute Gasteiger partial charge is 0.205 e. The molecule has 21 heavy (non-hydrogen) atoms. The number of halogens is 3. The number of allylic oxidation sites excluding steroid dienone is 4. The maximum absolute atomic E-state index is 11.5. The van der Waals surface area contributed by atoms with E-state index in [0.29, 0.717) is 0 Å². The molecule has 0 spiro atoms. The third-order valence-electron chi connectivity index (χ3n) is 2.31. The predicted octanol–water partition coefficient (Wildman–Crippen LogP) is 2.39. The fraction of sp³-hybridized carbons (Fsp3) is 0.400. The minimum atomic E-state index is -3.74. The molecule has 0 radical (unpaired) electrons. The SMILES string of the molecule is CCS(=O)(=O)N=C1C=C(Cl)C(=NS(=O)(=O)CC)C(Cl)=C1Cl. The van der Waals surface area contributed by atoms with Crippen molar-refractivity contribution in [1.29, 1.82) is 0 Å². The van der Waals surface area contributed by atoms with Crippen molar-refractivity contribution in [3.8, 4) is 0 Å². The molecule has 1 aliphatic rings. The summed E-state index contributed by atoms with van der Waals surface area (Å²) >= 11 is 17.7. The summed E-state index contributed by atoms with van der Waals surface area (Å²) in [7, 11) is -7.45. The van der Waals surface area contributed by atoms with Crippen LogP contribution in [0.15, 0.2) is 30.0 Å². The van der Waals surface area contributed by atoms with Crippen LogP contribution < -0.4 is 0 Å². The Morgan fingerprint density at radius 2 is 1.38 bits per heavy atom. The zero-order valence-corrected chi connectivity index (χ0v) is 14.9. The molecule has 118 valence electrons. The van der Waals surface area contributed by atoms with Crippen molar-refractivity contribution >= 4 is 66.3 Å². The fourth-order valence-corrected chi connectivity index (χ4v) is 3.18. The molecule has 0 saturated carbocycles. The molecule has 1 rings (SSSR count). The lowest BCUT2D eigenvalue weighted by Gasteiger charge is -2.13. The van der Waals surface area contributed by atoms with E-state index < -0.39 is 20.0 Å². The van der Waals surface area contributed by atoms with Crippen LogP contribution in [-0.2, 0) is 20.0 Å². The van der Waals surface area contributed by atoms with Gasteiger partial charge in [-0.2, -0.15) is 8.80 Å². The van der Waals surface area contributed by atoms with Gasteiger partial charge in [0.25, 0.3) is 20.0 Å². The van der Waals surface area contributed by atoms with E-state index in [0.717, 1.165) is 6.08 Å². The molecule has 0 N–H and O–H groups in total. The van der Waals surface area contributed by atoms with Gasteiger partial charge in [0.2, 0.25) is 0 Å². The summed E-state index contributed by atoms with van der Waals surface area (Å²) in [5, 5.41) is -0.666. The molecule has 6 nitrogen and oxygen atoms in total. The molecule has 0 saturated heterocycles. The van der Waals surface area contributed by atoms with E-state index in [4.69, 9.17) is 34.8 Å². The van der Waals surface area contributed by atoms with Crippen LogP contribution in [-0.4, -0.2) is 39.8 Å². The van der Waals surface area contributed by atoms with Gasteiger partial charge >= 0.3 is 0 Å². The first-order chi connectivity index (χ1) is 9.53. The van der Waals surface area contributed by atoms with Crippen molar-refractivity contribution in [1.82, 2.24) is 0 Å². The van der Waals surface area contributed by atoms with Crippen LogP contribution >= 0.6 is 34.8 Å². The highest BCUT2D eigenvalue weighted by atomic mass is 35.5. The van der Waals surface area contributed by atoms with Crippen molar-refractivity contribution in [2.45, 2.75) is 13.8 Å². The van der Waals surface area contributed by atoms with Gasteiger partial charge in [-0.05, 0) is 19.9 Å². The topological polar surface area (TPSA) is 93.0 Å². The Morgan fingerprint density at radius 3 is 1.86 bits per heavy atom. The lowest BCUT2D eigenvalue weighted by atomic mass is 10.1. The lowest BCUT2D eigenvalue weighted by molar-refractivity contribution is 0.597. The molecule has 0 unspecified atom stereocenters. The lowest BCUT2D eigenvalue weighted by Crippen LogP contribution is -2.16. The molecule has 0 aliphatic heterocycles. The van der Waals surface area contributed by atoms with Gasteiger partial charge in [0, 0.05) is 0 Å². The number of sulfonamides is 2. The molecule has 0 amide bonds. The molecule has 0 aromatic heterocycles. The zero-order valence-electron chi connectivity index (χ0n) is 11.0. The van der Waals surface area contributed by atoms with Crippen molar-refractivity contribution in [2.24, 2.45) is 8.80 Å². The van der Waals surface area contributed by atoms with Crippen molar-refractivity contribution in [2.75, 3.05) is 11.5 Å². The standard InChI is InChI=1S/C10H11Cl3N2O4S2/c1-3-20(16,17)14-7-5-6(11)10(9(13)8(7)12)15-21(18,19)4-2/h5H,3-4H2,1-2H3. The average molecular weight is 394 g/mol. The second-order valence-electron chi connectivity index (χ2n) is 3.78. The molecule has 0 aromatic carbocycles. The summed E-state index contributed by atoms with van der Waals surface area (Å²) in [6.45, 7) is 2.81. The Hall–Kier alpha value is -0.410. The third-order valence-corrected chi connectivity index (χ3v) is 5.84. The minimum absolute atomic E-state index is 0.161. The van der Waals surface area contributed by atoms with Gasteiger partial charge < -0.3 is 0 Å². The zero-order chi connectivity index (χ0) is 16.4. The Kier molecular flexibility index (Phi) is 6.02. The van der Waals surface area contributed by atoms with Gasteiger partial charge in [-0.1, -0.05) is 34.8 Å². The molecular formula is C10H11Cl3N2O4S2. The van der Waals surface area contributed by atoms with Gasteiger partial charge in [-0.3, -0.25) is 0 Å². The minimum Gasteiger partial charge on any atom is -0.205 e. The first kappa shape index (κ1) is 18.6. The maximum Gasteiger partial charge on any atom is 0.253 e. The summed E-state index contributed by atoms with van der Waals surface area (Å²) in [5.74, 6) is -0.470. The van der Waals surface area contributed by atoms with Crippen LogP contribution in [0.5, 0.6) is 0 Å². The van der Waals surface area contributed by atoms with Gasteiger partial charge in [0.05, 0.1) is 32.3 Å². The first-order valence-corrected chi connectivity index (χ1v) is 9.97. The van der Waals surface area contributed by atoms with Crippen molar-refractivity contribution in [3.05, 3.63) is 21.2 Å². The van der Waals surface area contributed by atoms with Crippen LogP contribution in [0.2, 0.25) is 0 Å². The van der Waals surface area contributed by atoms with Crippen LogP contribution in [0.3, 0.4) is 0 Å². The highest BCUT2D eigenvalue weighted by molar-refractivity contribution is 7.90. The Bertz CT molecular complexity index is 777. The quantitative estimate of drug-likeness (QED) is 0.685. The van der Waals surface area contributed by atoms with Crippen LogP contribution in [0.25, 0.3) is 0 Å². The van der Waals surface area contributed by atoms with E-state index >= 15 is 0 Å². The van der Waals surface area contributed by atoms with Crippen LogP contribution in [0, 0.1) is 0 Å². The summed E-state index contributed by atoms with van der Waals surface area (Å²) in [6.07, 6.45) is 1.10. The van der Waals surface area contributed by atoms with E-state index in [-0.39, 0.29) is 38.0 Å². The summed E-state index contributed by atoms with van der Waals surface area (Å²) < 4.78 is 52.9. The van der Waals surface area contributed by atoms with Crippen molar-refractivity contribution < 1.29 is 16.8 Å². The summed E-state index contributed by atoms with van der Waals surface area (Å²) in [4.78, 5) is 0. The first-order valence-electron chi connectivity index (χ1n) is 5.61. The number of hydrogen-bond donors (Lipinski definition) is 0. The van der Waals surface area contributed by atoms with Crippen LogP contribution in [0.1, 0.15) is 13.8 Å². The van der Waals surface area contributed by atoms with E-state index in [9.17, 15) is 16.8 Å². The molecule has 0 atom stereocenters. The molecule has 0 aromatic rings. The summed E-state index contributed by atoms with van der Waals surface area (Å²) in [5.41, 5.74) is -0.403. The Balaban J connectivity index is 3.47. The maximum atomic E-state index is 11.5. The normalized spacial score (nSPS) is 21.1. The highest BCUT2D eigenvalue weighted by Crippen LogP contribution is 2.29. The average Bonchev–Trinajstić information content (AvgIpc) is 2.40. The number of hydrogen-bond acceptors (Lipinski definition) is 4. The van der Waals surface area contributed by atoms with Crippen LogP contribution in [0.4, 0.5) is 0 Å². The van der Waals surface area contributed by atoms with Gasteiger partial charge in [-0.25, -0.2) is 16.8 Å². The predicted molar refractivity (Wildman–Crippen MR) is 86.5 cm³/mol. The molecule has 11 heteroatoms. The molecular weight excluding hydrogens is 383 g/mol. The largest absolute Gasteiger partial charge is 0.253 e. The highest BCUT2D eigenvalue weighted by Gasteiger charge is 2.25. The molecule has 0 fully saturated rings. The van der Waals surface area contributed by atoms with Gasteiger partial charge in [0.1, 0.15) is 5.71 Å². The van der Waals surface area contributed by atoms with E-state index in [1.165, 1.54) is 13.8 Å². The Morgan fingerprint density at radius 1 is 0.905 bits per heavy atom. The molecule has 1 aliphatic carbocycles. The van der Waals surface area contributed by atoms with Crippen molar-refractivity contribution in [3.63, 3.8) is 0 Å². The van der Waals surface area contributed by atoms with E-state index in [1.54, 1.807) is 0 Å². The molecule has 0 bridgehead atoms. The second-order valence-corrected chi connectivity index (χ2v) is 8.79. The monoisotopic (exact) mass is 392 g/mol. The van der Waals surface area contributed by atoms with E-state index in [1.807, 2.05) is 0 Å². The molecule has 0 heterocycles. The second kappa shape index (κ2) is 6.78. The third kappa shape index (κ3) is 4.79. The summed E-state index contributed by atoms with van der Waals surface area (Å²) in [6, 6.07) is 0. The number of nitrogens with zero attached hydrogens (tertiary/aromatic N) is 2.